The van der Waals surface area contributed by atoms with Crippen molar-refractivity contribution in [2.24, 2.45) is 0 Å². The molecule has 4 nitrogen and oxygen atoms in total. The summed E-state index contributed by atoms with van der Waals surface area (Å²) in [5, 5.41) is 8.95. The van der Waals surface area contributed by atoms with E-state index in [1.54, 1.807) is 23.1 Å². The lowest BCUT2D eigenvalue weighted by Gasteiger charge is -2.22. The molecular weight excluding hydrogens is 305 g/mol. The topological polar surface area (TPSA) is 57.6 Å². The summed E-state index contributed by atoms with van der Waals surface area (Å²) >= 11 is 0.953. The fraction of sp³-hybridized carbons (Fsp3) is 0.250. The molecule has 1 fully saturated rings. The van der Waals surface area contributed by atoms with Crippen molar-refractivity contribution >= 4 is 23.2 Å². The average Bonchev–Trinajstić information content (AvgIpc) is 3.21. The van der Waals surface area contributed by atoms with Crippen LogP contribution in [0, 0.1) is 5.82 Å². The summed E-state index contributed by atoms with van der Waals surface area (Å²) in [6.45, 7) is 0.205. The number of benzene rings is 1. The number of carbonyl (C=O) groups excluding carboxylic acids is 1. The first-order valence-corrected chi connectivity index (χ1v) is 7.75. The molecule has 1 aliphatic carbocycles. The monoisotopic (exact) mass is 319 g/mol. The van der Waals surface area contributed by atoms with Crippen LogP contribution >= 0.6 is 11.3 Å². The molecule has 1 aromatic heterocycles. The Bertz CT molecular complexity index is 724. The van der Waals surface area contributed by atoms with Gasteiger partial charge in [-0.25, -0.2) is 9.18 Å². The van der Waals surface area contributed by atoms with E-state index in [0.717, 1.165) is 24.2 Å². The number of carbonyl (C=O) groups is 2. The minimum absolute atomic E-state index is 0.113. The second-order valence-electron chi connectivity index (χ2n) is 5.22. The van der Waals surface area contributed by atoms with Crippen LogP contribution in [0.4, 0.5) is 4.39 Å². The lowest BCUT2D eigenvalue weighted by atomic mass is 10.2. The summed E-state index contributed by atoms with van der Waals surface area (Å²) in [6.07, 6.45) is 1.80. The fourth-order valence-corrected chi connectivity index (χ4v) is 3.07. The van der Waals surface area contributed by atoms with Crippen LogP contribution in [0.3, 0.4) is 0 Å². The summed E-state index contributed by atoms with van der Waals surface area (Å²) in [5.74, 6) is -1.61. The first kappa shape index (κ1) is 14.7. The van der Waals surface area contributed by atoms with Crippen LogP contribution in [0.5, 0.6) is 0 Å². The van der Waals surface area contributed by atoms with Crippen molar-refractivity contribution in [3.05, 3.63) is 57.5 Å². The molecule has 3 rings (SSSR count). The molecule has 1 aliphatic rings. The second-order valence-corrected chi connectivity index (χ2v) is 6.31. The van der Waals surface area contributed by atoms with E-state index in [1.807, 2.05) is 0 Å². The normalized spacial score (nSPS) is 13.9. The third-order valence-electron chi connectivity index (χ3n) is 3.57. The van der Waals surface area contributed by atoms with Gasteiger partial charge < -0.3 is 10.0 Å². The van der Waals surface area contributed by atoms with Crippen LogP contribution < -0.4 is 0 Å². The SMILES string of the molecule is O=C(O)c1ccc(C(=O)N(Cc2ccccc2F)C2CC2)s1. The van der Waals surface area contributed by atoms with E-state index in [0.29, 0.717) is 10.4 Å². The molecule has 0 saturated heterocycles. The zero-order valence-corrected chi connectivity index (χ0v) is 12.5. The minimum Gasteiger partial charge on any atom is -0.477 e. The summed E-state index contributed by atoms with van der Waals surface area (Å²) < 4.78 is 13.8. The maximum Gasteiger partial charge on any atom is 0.345 e. The maximum atomic E-state index is 13.8. The Morgan fingerprint density at radius 3 is 2.45 bits per heavy atom. The summed E-state index contributed by atoms with van der Waals surface area (Å²) in [4.78, 5) is 25.7. The fourth-order valence-electron chi connectivity index (χ4n) is 2.27. The van der Waals surface area contributed by atoms with Crippen LogP contribution in [0.1, 0.15) is 37.7 Å². The summed E-state index contributed by atoms with van der Waals surface area (Å²) in [5.41, 5.74) is 0.470. The lowest BCUT2D eigenvalue weighted by Crippen LogP contribution is -2.32. The standard InChI is InChI=1S/C16H14FNO3S/c17-12-4-2-1-3-10(12)9-18(11-5-6-11)15(19)13-7-8-14(22-13)16(20)21/h1-4,7-8,11H,5-6,9H2,(H,20,21). The van der Waals surface area contributed by atoms with Crippen LogP contribution in [0.2, 0.25) is 0 Å². The molecule has 0 spiro atoms. The van der Waals surface area contributed by atoms with Crippen LogP contribution in [0.25, 0.3) is 0 Å². The van der Waals surface area contributed by atoms with Gasteiger partial charge in [0, 0.05) is 18.2 Å². The molecule has 1 saturated carbocycles. The molecular formula is C16H14FNO3S. The molecule has 0 aliphatic heterocycles. The number of halogens is 1. The lowest BCUT2D eigenvalue weighted by molar-refractivity contribution is 0.0700. The van der Waals surface area contributed by atoms with Gasteiger partial charge in [-0.1, -0.05) is 18.2 Å². The van der Waals surface area contributed by atoms with Gasteiger partial charge in [-0.2, -0.15) is 0 Å². The largest absolute Gasteiger partial charge is 0.477 e. The molecule has 1 heterocycles. The Balaban J connectivity index is 1.83. The molecule has 22 heavy (non-hydrogen) atoms. The van der Waals surface area contributed by atoms with Crippen molar-refractivity contribution in [1.82, 2.24) is 4.90 Å². The molecule has 1 aromatic carbocycles. The quantitative estimate of drug-likeness (QED) is 0.919. The van der Waals surface area contributed by atoms with Gasteiger partial charge in [0.1, 0.15) is 10.7 Å². The van der Waals surface area contributed by atoms with Crippen molar-refractivity contribution < 1.29 is 19.1 Å². The third kappa shape index (κ3) is 3.01. The highest BCUT2D eigenvalue weighted by molar-refractivity contribution is 7.15. The number of thiophene rings is 1. The van der Waals surface area contributed by atoms with Crippen molar-refractivity contribution in [2.75, 3.05) is 0 Å². The predicted octanol–water partition coefficient (Wildman–Crippen LogP) is 3.39. The number of aromatic carboxylic acids is 1. The van der Waals surface area contributed by atoms with Crippen molar-refractivity contribution in [3.8, 4) is 0 Å². The molecule has 2 aromatic rings. The molecule has 1 amide bonds. The van der Waals surface area contributed by atoms with Gasteiger partial charge in [0.05, 0.1) is 4.88 Å². The van der Waals surface area contributed by atoms with Gasteiger partial charge in [-0.15, -0.1) is 11.3 Å². The summed E-state index contributed by atoms with van der Waals surface area (Å²) in [6, 6.07) is 9.44. The number of amides is 1. The van der Waals surface area contributed by atoms with Gasteiger partial charge in [0.25, 0.3) is 5.91 Å². The van der Waals surface area contributed by atoms with Crippen LogP contribution in [-0.4, -0.2) is 27.9 Å². The second kappa shape index (κ2) is 5.88. The van der Waals surface area contributed by atoms with Gasteiger partial charge in [0.15, 0.2) is 0 Å². The molecule has 0 unspecified atom stereocenters. The highest BCUT2D eigenvalue weighted by atomic mass is 32.1. The van der Waals surface area contributed by atoms with Gasteiger partial charge >= 0.3 is 5.97 Å². The number of hydrogen-bond acceptors (Lipinski definition) is 3. The predicted molar refractivity (Wildman–Crippen MR) is 80.6 cm³/mol. The van der Waals surface area contributed by atoms with E-state index in [2.05, 4.69) is 0 Å². The number of rotatable bonds is 5. The Hall–Kier alpha value is -2.21. The van der Waals surface area contributed by atoms with Crippen LogP contribution in [0.15, 0.2) is 36.4 Å². The first-order chi connectivity index (χ1) is 10.6. The molecule has 6 heteroatoms. The van der Waals surface area contributed by atoms with Crippen molar-refractivity contribution in [2.45, 2.75) is 25.4 Å². The van der Waals surface area contributed by atoms with Crippen LogP contribution in [-0.2, 0) is 6.54 Å². The molecule has 1 N–H and O–H groups in total. The zero-order valence-electron chi connectivity index (χ0n) is 11.7. The minimum atomic E-state index is -1.05. The van der Waals surface area contributed by atoms with Gasteiger partial charge in [-0.3, -0.25) is 4.79 Å². The van der Waals surface area contributed by atoms with Gasteiger partial charge in [0.2, 0.25) is 0 Å². The highest BCUT2D eigenvalue weighted by Crippen LogP contribution is 2.31. The Morgan fingerprint density at radius 1 is 1.18 bits per heavy atom. The van der Waals surface area contributed by atoms with E-state index in [1.165, 1.54) is 18.2 Å². The number of carboxylic acid groups (broad SMARTS) is 1. The maximum absolute atomic E-state index is 13.8. The van der Waals surface area contributed by atoms with E-state index >= 15 is 0 Å². The van der Waals surface area contributed by atoms with E-state index in [4.69, 9.17) is 5.11 Å². The zero-order chi connectivity index (χ0) is 15.7. The van der Waals surface area contributed by atoms with E-state index in [9.17, 15) is 14.0 Å². The molecule has 114 valence electrons. The molecule has 0 bridgehead atoms. The number of nitrogens with zero attached hydrogens (tertiary/aromatic N) is 1. The Morgan fingerprint density at radius 2 is 1.86 bits per heavy atom. The smallest absolute Gasteiger partial charge is 0.345 e. The molecule has 0 radical (unpaired) electrons. The van der Waals surface area contributed by atoms with E-state index in [-0.39, 0.29) is 29.2 Å². The summed E-state index contributed by atoms with van der Waals surface area (Å²) in [7, 11) is 0. The van der Waals surface area contributed by atoms with Crippen molar-refractivity contribution in [1.29, 1.82) is 0 Å². The Labute approximate surface area is 130 Å². The van der Waals surface area contributed by atoms with E-state index < -0.39 is 5.97 Å². The third-order valence-corrected chi connectivity index (χ3v) is 4.64. The first-order valence-electron chi connectivity index (χ1n) is 6.94. The highest BCUT2D eigenvalue weighted by Gasteiger charge is 2.34. The Kier molecular flexibility index (Phi) is 3.94. The number of hydrogen-bond donors (Lipinski definition) is 1. The average molecular weight is 319 g/mol. The van der Waals surface area contributed by atoms with Gasteiger partial charge in [-0.05, 0) is 31.0 Å². The number of carboxylic acids is 1. The molecule has 0 atom stereocenters. The van der Waals surface area contributed by atoms with Crippen molar-refractivity contribution in [3.63, 3.8) is 0 Å².